The zero-order valence-electron chi connectivity index (χ0n) is 15.1. The maximum atomic E-state index is 13.6. The van der Waals surface area contributed by atoms with Crippen LogP contribution in [-0.4, -0.2) is 11.0 Å². The van der Waals surface area contributed by atoms with Crippen molar-refractivity contribution < 1.29 is 13.6 Å². The van der Waals surface area contributed by atoms with Gasteiger partial charge in [0.1, 0.15) is 11.6 Å². The molecule has 0 spiro atoms. The van der Waals surface area contributed by atoms with Gasteiger partial charge in [-0.15, -0.1) is 0 Å². The summed E-state index contributed by atoms with van der Waals surface area (Å²) in [6.45, 7) is 0.338. The Morgan fingerprint density at radius 3 is 2.45 bits per heavy atom. The second-order valence-corrected chi connectivity index (χ2v) is 6.52. The third-order valence-corrected chi connectivity index (χ3v) is 4.41. The van der Waals surface area contributed by atoms with E-state index >= 15 is 0 Å². The second-order valence-electron chi connectivity index (χ2n) is 6.12. The van der Waals surface area contributed by atoms with Gasteiger partial charge in [-0.3, -0.25) is 10.1 Å². The van der Waals surface area contributed by atoms with Crippen molar-refractivity contribution in [3.05, 3.63) is 95.1 Å². The van der Waals surface area contributed by atoms with E-state index in [9.17, 15) is 18.8 Å². The summed E-state index contributed by atoms with van der Waals surface area (Å²) in [6.07, 6.45) is 0. The average molecular weight is 407 g/mol. The second kappa shape index (κ2) is 9.04. The first kappa shape index (κ1) is 20.1. The number of carbonyl (C=O) groups is 1. The summed E-state index contributed by atoms with van der Waals surface area (Å²) in [6, 6.07) is 19.7. The molecule has 7 heteroatoms. The van der Waals surface area contributed by atoms with Crippen molar-refractivity contribution in [3.8, 4) is 17.2 Å². The number of nitriles is 1. The van der Waals surface area contributed by atoms with Crippen molar-refractivity contribution in [1.29, 1.82) is 5.26 Å². The Morgan fingerprint density at radius 2 is 1.76 bits per heavy atom. The van der Waals surface area contributed by atoms with E-state index in [4.69, 9.17) is 12.2 Å². The van der Waals surface area contributed by atoms with E-state index in [1.54, 1.807) is 6.07 Å². The zero-order chi connectivity index (χ0) is 20.8. The molecule has 1 amide bonds. The van der Waals surface area contributed by atoms with E-state index in [0.717, 1.165) is 28.8 Å². The lowest BCUT2D eigenvalue weighted by Crippen LogP contribution is -2.39. The highest BCUT2D eigenvalue weighted by atomic mass is 32.1. The summed E-state index contributed by atoms with van der Waals surface area (Å²) in [7, 11) is 0. The van der Waals surface area contributed by atoms with E-state index in [1.807, 2.05) is 42.5 Å². The summed E-state index contributed by atoms with van der Waals surface area (Å²) >= 11 is 5.06. The van der Waals surface area contributed by atoms with Crippen LogP contribution < -0.4 is 10.6 Å². The topological polar surface area (TPSA) is 64.9 Å². The number of amides is 1. The van der Waals surface area contributed by atoms with Gasteiger partial charge in [0.2, 0.25) is 0 Å². The minimum atomic E-state index is -0.960. The monoisotopic (exact) mass is 407 g/mol. The van der Waals surface area contributed by atoms with Crippen LogP contribution in [-0.2, 0) is 6.54 Å². The van der Waals surface area contributed by atoms with Crippen molar-refractivity contribution in [3.63, 3.8) is 0 Å². The predicted molar refractivity (Wildman–Crippen MR) is 110 cm³/mol. The maximum Gasteiger partial charge on any atom is 0.260 e. The van der Waals surface area contributed by atoms with Crippen LogP contribution in [0.15, 0.2) is 66.7 Å². The number of hydrogen-bond donors (Lipinski definition) is 2. The van der Waals surface area contributed by atoms with Crippen LogP contribution in [0.25, 0.3) is 11.1 Å². The third-order valence-electron chi connectivity index (χ3n) is 4.17. The third kappa shape index (κ3) is 5.00. The molecule has 0 atom stereocenters. The largest absolute Gasteiger partial charge is 0.358 e. The summed E-state index contributed by atoms with van der Waals surface area (Å²) in [5.74, 6) is -2.48. The van der Waals surface area contributed by atoms with Crippen LogP contribution in [0.1, 0.15) is 21.5 Å². The molecule has 3 aromatic rings. The Hall–Kier alpha value is -3.63. The van der Waals surface area contributed by atoms with Gasteiger partial charge in [-0.05, 0) is 47.1 Å². The van der Waals surface area contributed by atoms with Gasteiger partial charge >= 0.3 is 0 Å². The van der Waals surface area contributed by atoms with Gasteiger partial charge in [0.05, 0.1) is 17.2 Å². The van der Waals surface area contributed by atoms with Crippen molar-refractivity contribution in [2.75, 3.05) is 0 Å². The van der Waals surface area contributed by atoms with Gasteiger partial charge in [-0.2, -0.15) is 5.26 Å². The molecule has 0 saturated carbocycles. The van der Waals surface area contributed by atoms with Crippen LogP contribution in [0.3, 0.4) is 0 Å². The number of halogens is 2. The van der Waals surface area contributed by atoms with Crippen LogP contribution >= 0.6 is 12.2 Å². The Balaban J connectivity index is 1.59. The molecular formula is C22H15F2N3OS. The molecule has 0 aliphatic carbocycles. The fourth-order valence-corrected chi connectivity index (χ4v) is 2.87. The molecule has 0 unspecified atom stereocenters. The van der Waals surface area contributed by atoms with E-state index in [-0.39, 0.29) is 10.7 Å². The lowest BCUT2D eigenvalue weighted by Gasteiger charge is -2.11. The number of carbonyl (C=O) groups excluding carboxylic acids is 1. The highest BCUT2D eigenvalue weighted by Gasteiger charge is 2.13. The minimum Gasteiger partial charge on any atom is -0.358 e. The van der Waals surface area contributed by atoms with Crippen LogP contribution in [0.2, 0.25) is 0 Å². The maximum absolute atomic E-state index is 13.6. The molecule has 29 heavy (non-hydrogen) atoms. The molecule has 4 nitrogen and oxygen atoms in total. The number of rotatable bonds is 4. The number of nitrogens with one attached hydrogen (secondary N) is 2. The van der Waals surface area contributed by atoms with Gasteiger partial charge in [-0.25, -0.2) is 8.78 Å². The molecule has 0 radical (unpaired) electrons. The summed E-state index contributed by atoms with van der Waals surface area (Å²) < 4.78 is 26.6. The van der Waals surface area contributed by atoms with Crippen LogP contribution in [0, 0.1) is 23.0 Å². The van der Waals surface area contributed by atoms with Gasteiger partial charge in [0, 0.05) is 12.6 Å². The number of hydrogen-bond acceptors (Lipinski definition) is 3. The lowest BCUT2D eigenvalue weighted by molar-refractivity contribution is 0.0972. The van der Waals surface area contributed by atoms with Crippen LogP contribution in [0.4, 0.5) is 8.78 Å². The number of thiocarbonyl (C=S) groups is 1. The number of nitrogens with zero attached hydrogens (tertiary/aromatic N) is 1. The summed E-state index contributed by atoms with van der Waals surface area (Å²) in [5.41, 5.74) is 2.95. The molecule has 144 valence electrons. The minimum absolute atomic E-state index is 0.0256. The Labute approximate surface area is 171 Å². The molecule has 0 aliphatic rings. The molecular weight excluding hydrogens is 392 g/mol. The van der Waals surface area contributed by atoms with Crippen molar-refractivity contribution in [2.45, 2.75) is 6.54 Å². The Bertz CT molecular complexity index is 1110. The Morgan fingerprint density at radius 1 is 1.03 bits per heavy atom. The zero-order valence-corrected chi connectivity index (χ0v) is 15.9. The van der Waals surface area contributed by atoms with Gasteiger partial charge in [0.15, 0.2) is 5.11 Å². The van der Waals surface area contributed by atoms with Gasteiger partial charge in [0.25, 0.3) is 5.91 Å². The first-order chi connectivity index (χ1) is 14.0. The summed E-state index contributed by atoms with van der Waals surface area (Å²) in [5, 5.41) is 14.5. The van der Waals surface area contributed by atoms with Crippen molar-refractivity contribution in [2.24, 2.45) is 0 Å². The Kier molecular flexibility index (Phi) is 6.27. The molecule has 0 aliphatic heterocycles. The van der Waals surface area contributed by atoms with Gasteiger partial charge in [-0.1, -0.05) is 42.5 Å². The normalized spacial score (nSPS) is 10.1. The molecule has 0 saturated heterocycles. The highest BCUT2D eigenvalue weighted by Crippen LogP contribution is 2.23. The smallest absolute Gasteiger partial charge is 0.260 e. The van der Waals surface area contributed by atoms with E-state index in [1.165, 1.54) is 0 Å². The molecule has 3 rings (SSSR count). The molecule has 0 fully saturated rings. The molecule has 0 aromatic heterocycles. The fraction of sp³-hybridized carbons (Fsp3) is 0.0455. The van der Waals surface area contributed by atoms with E-state index < -0.39 is 17.5 Å². The van der Waals surface area contributed by atoms with Crippen LogP contribution in [0.5, 0.6) is 0 Å². The molecule has 3 aromatic carbocycles. The van der Waals surface area contributed by atoms with Crippen molar-refractivity contribution >= 4 is 23.2 Å². The van der Waals surface area contributed by atoms with E-state index in [0.29, 0.717) is 18.2 Å². The van der Waals surface area contributed by atoms with Crippen molar-refractivity contribution in [1.82, 2.24) is 10.6 Å². The fourth-order valence-electron chi connectivity index (χ4n) is 2.71. The standard InChI is InChI=1S/C22H15F2N3OS/c23-17-9-10-19(20(24)11-17)21(28)27-22(29)26-13-14-5-7-15(8-6-14)18-4-2-1-3-16(18)12-25/h1-11H,13H2,(H2,26,27,28,29). The highest BCUT2D eigenvalue weighted by molar-refractivity contribution is 7.80. The molecule has 0 heterocycles. The van der Waals surface area contributed by atoms with Gasteiger partial charge < -0.3 is 5.32 Å². The van der Waals surface area contributed by atoms with E-state index in [2.05, 4.69) is 16.7 Å². The quantitative estimate of drug-likeness (QED) is 0.633. The first-order valence-corrected chi connectivity index (χ1v) is 9.01. The average Bonchev–Trinajstić information content (AvgIpc) is 2.72. The SMILES string of the molecule is N#Cc1ccccc1-c1ccc(CNC(=S)NC(=O)c2ccc(F)cc2F)cc1. The molecule has 2 N–H and O–H groups in total. The predicted octanol–water partition coefficient (Wildman–Crippen LogP) is 4.31. The lowest BCUT2D eigenvalue weighted by atomic mass is 9.99. The molecule has 0 bridgehead atoms. The number of benzene rings is 3. The first-order valence-electron chi connectivity index (χ1n) is 8.60. The summed E-state index contributed by atoms with van der Waals surface area (Å²) in [4.78, 5) is 12.0.